The maximum atomic E-state index is 10.7. The summed E-state index contributed by atoms with van der Waals surface area (Å²) in [6.45, 7) is 0. The Hall–Kier alpha value is -1.56. The van der Waals surface area contributed by atoms with E-state index in [0.29, 0.717) is 4.90 Å². The predicted molar refractivity (Wildman–Crippen MR) is 56.2 cm³/mol. The lowest BCUT2D eigenvalue weighted by atomic mass is 10.1. The number of carboxylic acid groups (broad SMARTS) is 1. The number of hydrogen-bond acceptors (Lipinski definition) is 4. The summed E-state index contributed by atoms with van der Waals surface area (Å²) in [5.74, 6) is -1.07. The third-order valence-electron chi connectivity index (χ3n) is 1.85. The van der Waals surface area contributed by atoms with E-state index in [4.69, 9.17) is 5.11 Å². The van der Waals surface area contributed by atoms with E-state index in [9.17, 15) is 14.9 Å². The molecule has 80 valence electrons. The van der Waals surface area contributed by atoms with Gasteiger partial charge in [0.15, 0.2) is 0 Å². The zero-order valence-corrected chi connectivity index (χ0v) is 8.78. The summed E-state index contributed by atoms with van der Waals surface area (Å²) in [5, 5.41) is 19.3. The van der Waals surface area contributed by atoms with Gasteiger partial charge in [-0.15, -0.1) is 11.8 Å². The van der Waals surface area contributed by atoms with Crippen molar-refractivity contribution in [1.29, 1.82) is 0 Å². The van der Waals surface area contributed by atoms with Gasteiger partial charge in [0.25, 0.3) is 5.69 Å². The molecular formula is C9H9NO4S. The van der Waals surface area contributed by atoms with Crippen LogP contribution in [0, 0.1) is 10.1 Å². The van der Waals surface area contributed by atoms with Crippen molar-refractivity contribution in [3.8, 4) is 0 Å². The molecule has 0 aromatic heterocycles. The quantitative estimate of drug-likeness (QED) is 0.483. The van der Waals surface area contributed by atoms with Crippen LogP contribution in [-0.4, -0.2) is 22.3 Å². The standard InChI is InChI=1S/C9H9NO4S/c1-15-8-4-2-3-7(10(13)14)6(8)5-9(11)12/h2-4H,5H2,1H3,(H,11,12). The van der Waals surface area contributed by atoms with E-state index in [-0.39, 0.29) is 17.7 Å². The van der Waals surface area contributed by atoms with Crippen LogP contribution >= 0.6 is 11.8 Å². The fraction of sp³-hybridized carbons (Fsp3) is 0.222. The lowest BCUT2D eigenvalue weighted by molar-refractivity contribution is -0.385. The molecule has 0 spiro atoms. The second-order valence-electron chi connectivity index (χ2n) is 2.79. The number of thioether (sulfide) groups is 1. The molecule has 0 fully saturated rings. The van der Waals surface area contributed by atoms with Gasteiger partial charge in [-0.2, -0.15) is 0 Å². The van der Waals surface area contributed by atoms with E-state index in [1.165, 1.54) is 17.8 Å². The van der Waals surface area contributed by atoms with Crippen molar-refractivity contribution in [1.82, 2.24) is 0 Å². The molecule has 0 heterocycles. The van der Waals surface area contributed by atoms with E-state index in [1.54, 1.807) is 18.4 Å². The first kappa shape index (κ1) is 11.5. The molecule has 0 aliphatic heterocycles. The van der Waals surface area contributed by atoms with E-state index in [1.807, 2.05) is 0 Å². The highest BCUT2D eigenvalue weighted by atomic mass is 32.2. The Morgan fingerprint density at radius 2 is 2.27 bits per heavy atom. The van der Waals surface area contributed by atoms with Crippen LogP contribution in [0.5, 0.6) is 0 Å². The van der Waals surface area contributed by atoms with Crippen LogP contribution in [0.2, 0.25) is 0 Å². The van der Waals surface area contributed by atoms with Gasteiger partial charge < -0.3 is 5.11 Å². The largest absolute Gasteiger partial charge is 0.481 e. The Balaban J connectivity index is 3.26. The number of aliphatic carboxylic acids is 1. The van der Waals surface area contributed by atoms with Crippen LogP contribution in [0.1, 0.15) is 5.56 Å². The maximum Gasteiger partial charge on any atom is 0.308 e. The lowest BCUT2D eigenvalue weighted by Crippen LogP contribution is -2.05. The molecule has 0 aliphatic carbocycles. The molecule has 0 saturated heterocycles. The predicted octanol–water partition coefficient (Wildman–Crippen LogP) is 1.94. The third kappa shape index (κ3) is 2.69. The van der Waals surface area contributed by atoms with Crippen LogP contribution in [0.3, 0.4) is 0 Å². The molecule has 1 aromatic rings. The molecule has 0 aliphatic rings. The van der Waals surface area contributed by atoms with Crippen LogP contribution in [0.25, 0.3) is 0 Å². The number of carboxylic acids is 1. The van der Waals surface area contributed by atoms with Crippen molar-refractivity contribution in [2.24, 2.45) is 0 Å². The van der Waals surface area contributed by atoms with Crippen LogP contribution in [0.15, 0.2) is 23.1 Å². The summed E-state index contributed by atoms with van der Waals surface area (Å²) < 4.78 is 0. The monoisotopic (exact) mass is 227 g/mol. The fourth-order valence-corrected chi connectivity index (χ4v) is 1.88. The highest BCUT2D eigenvalue weighted by Crippen LogP contribution is 2.28. The lowest BCUT2D eigenvalue weighted by Gasteiger charge is -2.05. The molecule has 1 N–H and O–H groups in total. The van der Waals surface area contributed by atoms with Gasteiger partial charge in [-0.05, 0) is 12.3 Å². The molecule has 1 aromatic carbocycles. The van der Waals surface area contributed by atoms with Gasteiger partial charge >= 0.3 is 5.97 Å². The Morgan fingerprint density at radius 1 is 1.60 bits per heavy atom. The number of hydrogen-bond donors (Lipinski definition) is 1. The molecule has 0 unspecified atom stereocenters. The van der Waals surface area contributed by atoms with Gasteiger partial charge in [0.05, 0.1) is 16.9 Å². The topological polar surface area (TPSA) is 80.4 Å². The fourth-order valence-electron chi connectivity index (χ4n) is 1.25. The summed E-state index contributed by atoms with van der Waals surface area (Å²) in [6.07, 6.45) is 1.43. The molecule has 0 atom stereocenters. The molecule has 0 bridgehead atoms. The van der Waals surface area contributed by atoms with Crippen molar-refractivity contribution in [3.63, 3.8) is 0 Å². The van der Waals surface area contributed by atoms with Crippen molar-refractivity contribution in [2.75, 3.05) is 6.26 Å². The number of benzene rings is 1. The van der Waals surface area contributed by atoms with Gasteiger partial charge in [0, 0.05) is 11.0 Å². The Morgan fingerprint density at radius 3 is 2.73 bits per heavy atom. The van der Waals surface area contributed by atoms with Crippen molar-refractivity contribution >= 4 is 23.4 Å². The normalized spacial score (nSPS) is 9.93. The molecule has 6 heteroatoms. The third-order valence-corrected chi connectivity index (χ3v) is 2.68. The van der Waals surface area contributed by atoms with Crippen LogP contribution in [0.4, 0.5) is 5.69 Å². The first-order valence-corrected chi connectivity index (χ1v) is 5.30. The first-order valence-electron chi connectivity index (χ1n) is 4.08. The summed E-state index contributed by atoms with van der Waals surface area (Å²) in [7, 11) is 0. The van der Waals surface area contributed by atoms with Crippen LogP contribution < -0.4 is 0 Å². The molecule has 0 saturated carbocycles. The summed E-state index contributed by atoms with van der Waals surface area (Å²) in [6, 6.07) is 4.54. The first-order chi connectivity index (χ1) is 7.06. The molecule has 0 radical (unpaired) electrons. The molecule has 1 rings (SSSR count). The van der Waals surface area contributed by atoms with Crippen molar-refractivity contribution in [3.05, 3.63) is 33.9 Å². The van der Waals surface area contributed by atoms with Gasteiger partial charge in [-0.3, -0.25) is 14.9 Å². The van der Waals surface area contributed by atoms with E-state index >= 15 is 0 Å². The minimum absolute atomic E-state index is 0.135. The highest BCUT2D eigenvalue weighted by molar-refractivity contribution is 7.98. The second-order valence-corrected chi connectivity index (χ2v) is 3.63. The Kier molecular flexibility index (Phi) is 3.68. The van der Waals surface area contributed by atoms with E-state index in [0.717, 1.165) is 0 Å². The van der Waals surface area contributed by atoms with E-state index < -0.39 is 10.9 Å². The van der Waals surface area contributed by atoms with Crippen LogP contribution in [-0.2, 0) is 11.2 Å². The number of carbonyl (C=O) groups is 1. The average molecular weight is 227 g/mol. The summed E-state index contributed by atoms with van der Waals surface area (Å²) >= 11 is 1.30. The Labute approximate surface area is 90.3 Å². The Bertz CT molecular complexity index is 405. The van der Waals surface area contributed by atoms with E-state index in [2.05, 4.69) is 0 Å². The number of nitrogens with zero attached hydrogens (tertiary/aromatic N) is 1. The smallest absolute Gasteiger partial charge is 0.308 e. The number of nitro groups is 1. The molecule has 5 nitrogen and oxygen atoms in total. The molecular weight excluding hydrogens is 218 g/mol. The minimum Gasteiger partial charge on any atom is -0.481 e. The second kappa shape index (κ2) is 4.79. The van der Waals surface area contributed by atoms with Crippen molar-refractivity contribution < 1.29 is 14.8 Å². The zero-order chi connectivity index (χ0) is 11.4. The summed E-state index contributed by atoms with van der Waals surface area (Å²) in [5.41, 5.74) is 0.131. The van der Waals surface area contributed by atoms with Gasteiger partial charge in [0.2, 0.25) is 0 Å². The average Bonchev–Trinajstić information content (AvgIpc) is 2.16. The maximum absolute atomic E-state index is 10.7. The number of rotatable bonds is 4. The number of nitro benzene ring substituents is 1. The van der Waals surface area contributed by atoms with Gasteiger partial charge in [0.1, 0.15) is 0 Å². The summed E-state index contributed by atoms with van der Waals surface area (Å²) in [4.78, 5) is 21.3. The van der Waals surface area contributed by atoms with Gasteiger partial charge in [-0.25, -0.2) is 0 Å². The highest BCUT2D eigenvalue weighted by Gasteiger charge is 2.19. The SMILES string of the molecule is CSc1cccc([N+](=O)[O-])c1CC(=O)O. The van der Waals surface area contributed by atoms with Gasteiger partial charge in [-0.1, -0.05) is 6.07 Å². The molecule has 0 amide bonds. The zero-order valence-electron chi connectivity index (χ0n) is 7.97. The van der Waals surface area contributed by atoms with Crippen molar-refractivity contribution in [2.45, 2.75) is 11.3 Å². The molecule has 15 heavy (non-hydrogen) atoms. The minimum atomic E-state index is -1.07.